The third-order valence-electron chi connectivity index (χ3n) is 1.85. The normalized spacial score (nSPS) is 13.5. The Morgan fingerprint density at radius 2 is 1.82 bits per heavy atom. The molecule has 0 aliphatic heterocycles. The Bertz CT molecular complexity index is 206. The minimum atomic E-state index is -3.04. The zero-order valence-electron chi connectivity index (χ0n) is 7.64. The van der Waals surface area contributed by atoms with Gasteiger partial charge in [0.1, 0.15) is 0 Å². The van der Waals surface area contributed by atoms with Crippen LogP contribution in [-0.2, 0) is 10.0 Å². The summed E-state index contributed by atoms with van der Waals surface area (Å²) in [4.78, 5) is 0. The van der Waals surface area contributed by atoms with Gasteiger partial charge in [0.2, 0.25) is 10.0 Å². The SMILES string of the molecule is CCC(C)(C)CS(=O)(=O)NC. The van der Waals surface area contributed by atoms with Crippen LogP contribution in [0.4, 0.5) is 0 Å². The lowest BCUT2D eigenvalue weighted by Gasteiger charge is -2.21. The molecule has 3 nitrogen and oxygen atoms in total. The Kier molecular flexibility index (Phi) is 3.51. The average Bonchev–Trinajstić information content (AvgIpc) is 1.86. The number of nitrogens with one attached hydrogen (secondary N) is 1. The van der Waals surface area contributed by atoms with Crippen LogP contribution in [0.5, 0.6) is 0 Å². The summed E-state index contributed by atoms with van der Waals surface area (Å²) in [5.74, 6) is 0.201. The van der Waals surface area contributed by atoms with Crippen LogP contribution in [-0.4, -0.2) is 21.2 Å². The predicted molar refractivity (Wildman–Crippen MR) is 46.9 cm³/mol. The van der Waals surface area contributed by atoms with E-state index in [1.807, 2.05) is 20.8 Å². The average molecular weight is 179 g/mol. The molecule has 0 atom stereocenters. The Morgan fingerprint density at radius 3 is 2.09 bits per heavy atom. The molecular weight excluding hydrogens is 162 g/mol. The maximum atomic E-state index is 11.1. The van der Waals surface area contributed by atoms with Crippen LogP contribution in [0.25, 0.3) is 0 Å². The molecule has 0 fully saturated rings. The highest BCUT2D eigenvalue weighted by molar-refractivity contribution is 7.89. The Morgan fingerprint density at radius 1 is 1.36 bits per heavy atom. The van der Waals surface area contributed by atoms with E-state index in [2.05, 4.69) is 4.72 Å². The summed E-state index contributed by atoms with van der Waals surface area (Å²) in [6, 6.07) is 0. The number of rotatable bonds is 4. The van der Waals surface area contributed by atoms with Crippen molar-refractivity contribution in [3.05, 3.63) is 0 Å². The Balaban J connectivity index is 4.26. The van der Waals surface area contributed by atoms with Crippen LogP contribution < -0.4 is 4.72 Å². The second kappa shape index (κ2) is 3.54. The summed E-state index contributed by atoms with van der Waals surface area (Å²) in [6.45, 7) is 5.88. The van der Waals surface area contributed by atoms with Gasteiger partial charge < -0.3 is 0 Å². The second-order valence-electron chi connectivity index (χ2n) is 3.48. The van der Waals surface area contributed by atoms with Crippen LogP contribution >= 0.6 is 0 Å². The summed E-state index contributed by atoms with van der Waals surface area (Å²) in [5.41, 5.74) is -0.123. The van der Waals surface area contributed by atoms with E-state index in [-0.39, 0.29) is 11.2 Å². The van der Waals surface area contributed by atoms with Gasteiger partial charge in [-0.1, -0.05) is 20.8 Å². The first-order valence-corrected chi connectivity index (χ1v) is 5.39. The fraction of sp³-hybridized carbons (Fsp3) is 1.00. The van der Waals surface area contributed by atoms with Crippen molar-refractivity contribution in [3.63, 3.8) is 0 Å². The van der Waals surface area contributed by atoms with Gasteiger partial charge in [-0.05, 0) is 18.9 Å². The standard InChI is InChI=1S/C7H17NO2S/c1-5-7(2,3)6-11(9,10)8-4/h8H,5-6H2,1-4H3. The fourth-order valence-electron chi connectivity index (χ4n) is 0.689. The fourth-order valence-corrected chi connectivity index (χ4v) is 2.07. The highest BCUT2D eigenvalue weighted by Crippen LogP contribution is 2.20. The Labute approximate surface area is 69.2 Å². The predicted octanol–water partition coefficient (Wildman–Crippen LogP) is 0.972. The molecule has 1 N–H and O–H groups in total. The summed E-state index contributed by atoms with van der Waals surface area (Å²) in [6.07, 6.45) is 0.869. The molecule has 0 aliphatic carbocycles. The second-order valence-corrected chi connectivity index (χ2v) is 5.41. The van der Waals surface area contributed by atoms with E-state index < -0.39 is 10.0 Å². The van der Waals surface area contributed by atoms with Crippen molar-refractivity contribution in [2.24, 2.45) is 5.41 Å². The quantitative estimate of drug-likeness (QED) is 0.699. The summed E-state index contributed by atoms with van der Waals surface area (Å²) in [7, 11) is -1.59. The van der Waals surface area contributed by atoms with Crippen molar-refractivity contribution in [2.75, 3.05) is 12.8 Å². The van der Waals surface area contributed by atoms with E-state index in [1.165, 1.54) is 7.05 Å². The first-order valence-electron chi connectivity index (χ1n) is 3.74. The van der Waals surface area contributed by atoms with Gasteiger partial charge in [-0.25, -0.2) is 13.1 Å². The molecular formula is C7H17NO2S. The van der Waals surface area contributed by atoms with E-state index in [1.54, 1.807) is 0 Å². The molecule has 0 spiro atoms. The van der Waals surface area contributed by atoms with Crippen LogP contribution in [0.3, 0.4) is 0 Å². The lowest BCUT2D eigenvalue weighted by Crippen LogP contribution is -2.31. The minimum Gasteiger partial charge on any atom is -0.218 e. The summed E-state index contributed by atoms with van der Waals surface area (Å²) >= 11 is 0. The number of sulfonamides is 1. The van der Waals surface area contributed by atoms with Gasteiger partial charge in [-0.2, -0.15) is 0 Å². The highest BCUT2D eigenvalue weighted by Gasteiger charge is 2.22. The van der Waals surface area contributed by atoms with E-state index >= 15 is 0 Å². The van der Waals surface area contributed by atoms with Crippen molar-refractivity contribution < 1.29 is 8.42 Å². The molecule has 68 valence electrons. The molecule has 0 aromatic rings. The first-order chi connectivity index (χ1) is 4.83. The van der Waals surface area contributed by atoms with E-state index in [9.17, 15) is 8.42 Å². The molecule has 0 saturated heterocycles. The summed E-state index contributed by atoms with van der Waals surface area (Å²) in [5, 5.41) is 0. The van der Waals surface area contributed by atoms with Crippen molar-refractivity contribution in [1.29, 1.82) is 0 Å². The number of hydrogen-bond acceptors (Lipinski definition) is 2. The first kappa shape index (κ1) is 10.9. The molecule has 0 amide bonds. The van der Waals surface area contributed by atoms with Crippen LogP contribution in [0, 0.1) is 5.41 Å². The molecule has 0 rings (SSSR count). The largest absolute Gasteiger partial charge is 0.218 e. The minimum absolute atomic E-state index is 0.123. The number of hydrogen-bond donors (Lipinski definition) is 1. The van der Waals surface area contributed by atoms with Crippen molar-refractivity contribution in [1.82, 2.24) is 4.72 Å². The van der Waals surface area contributed by atoms with Crippen LogP contribution in [0.15, 0.2) is 0 Å². The van der Waals surface area contributed by atoms with Gasteiger partial charge in [-0.15, -0.1) is 0 Å². The van der Waals surface area contributed by atoms with Gasteiger partial charge in [0.25, 0.3) is 0 Å². The third kappa shape index (κ3) is 4.37. The molecule has 0 bridgehead atoms. The summed E-state index contributed by atoms with van der Waals surface area (Å²) < 4.78 is 24.4. The zero-order chi connectivity index (χ0) is 9.12. The molecule has 0 saturated carbocycles. The maximum absolute atomic E-state index is 11.1. The van der Waals surface area contributed by atoms with Gasteiger partial charge in [0.05, 0.1) is 5.75 Å². The Hall–Kier alpha value is -0.0900. The molecule has 0 radical (unpaired) electrons. The lowest BCUT2D eigenvalue weighted by atomic mass is 9.93. The monoisotopic (exact) mass is 179 g/mol. The molecule has 4 heteroatoms. The topological polar surface area (TPSA) is 46.2 Å². The van der Waals surface area contributed by atoms with E-state index in [4.69, 9.17) is 0 Å². The molecule has 0 aliphatic rings. The van der Waals surface area contributed by atoms with Crippen molar-refractivity contribution >= 4 is 10.0 Å². The van der Waals surface area contributed by atoms with Gasteiger partial charge in [0, 0.05) is 0 Å². The molecule has 0 aromatic heterocycles. The maximum Gasteiger partial charge on any atom is 0.211 e. The molecule has 0 heterocycles. The zero-order valence-corrected chi connectivity index (χ0v) is 8.46. The van der Waals surface area contributed by atoms with Gasteiger partial charge >= 0.3 is 0 Å². The van der Waals surface area contributed by atoms with Crippen molar-refractivity contribution in [3.8, 4) is 0 Å². The van der Waals surface area contributed by atoms with E-state index in [0.717, 1.165) is 6.42 Å². The molecule has 0 unspecified atom stereocenters. The molecule has 0 aromatic carbocycles. The van der Waals surface area contributed by atoms with E-state index in [0.29, 0.717) is 0 Å². The highest BCUT2D eigenvalue weighted by atomic mass is 32.2. The van der Waals surface area contributed by atoms with Gasteiger partial charge in [-0.3, -0.25) is 0 Å². The smallest absolute Gasteiger partial charge is 0.211 e. The third-order valence-corrected chi connectivity index (χ3v) is 3.63. The lowest BCUT2D eigenvalue weighted by molar-refractivity contribution is 0.395. The molecule has 11 heavy (non-hydrogen) atoms. The van der Waals surface area contributed by atoms with Crippen LogP contribution in [0.2, 0.25) is 0 Å². The van der Waals surface area contributed by atoms with Crippen LogP contribution in [0.1, 0.15) is 27.2 Å². The van der Waals surface area contributed by atoms with Crippen molar-refractivity contribution in [2.45, 2.75) is 27.2 Å². The van der Waals surface area contributed by atoms with Gasteiger partial charge in [0.15, 0.2) is 0 Å².